The third-order valence-corrected chi connectivity index (χ3v) is 8.55. The second-order valence-corrected chi connectivity index (χ2v) is 11.2. The summed E-state index contributed by atoms with van der Waals surface area (Å²) in [6.45, 7) is 6.15. The highest BCUT2D eigenvalue weighted by Crippen LogP contribution is 2.35. The minimum Gasteiger partial charge on any atom is -0.325 e. The Bertz CT molecular complexity index is 1140. The van der Waals surface area contributed by atoms with Crippen LogP contribution in [-0.2, 0) is 21.1 Å². The Morgan fingerprint density at radius 2 is 1.94 bits per heavy atom. The monoisotopic (exact) mass is 457 g/mol. The van der Waals surface area contributed by atoms with Crippen molar-refractivity contribution in [2.45, 2.75) is 39.3 Å². The van der Waals surface area contributed by atoms with Crippen LogP contribution in [0.3, 0.4) is 0 Å². The number of para-hydroxylation sites is 1. The molecule has 2 aromatic rings. The Labute approximate surface area is 188 Å². The number of nitrogens with zero attached hydrogens (tertiary/aromatic N) is 2. The van der Waals surface area contributed by atoms with Gasteiger partial charge in [-0.2, -0.15) is 0 Å². The van der Waals surface area contributed by atoms with Crippen LogP contribution >= 0.6 is 11.8 Å². The molecule has 0 aromatic heterocycles. The molecule has 1 saturated heterocycles. The molecule has 164 valence electrons. The lowest BCUT2D eigenvalue weighted by atomic mass is 10.1. The zero-order valence-corrected chi connectivity index (χ0v) is 19.6. The van der Waals surface area contributed by atoms with Crippen molar-refractivity contribution >= 4 is 44.0 Å². The van der Waals surface area contributed by atoms with Gasteiger partial charge in [0.05, 0.1) is 29.3 Å². The van der Waals surface area contributed by atoms with Gasteiger partial charge in [-0.3, -0.25) is 9.79 Å². The minimum atomic E-state index is -3.11. The molecule has 0 bridgehead atoms. The fourth-order valence-corrected chi connectivity index (χ4v) is 6.84. The topological polar surface area (TPSA) is 78.8 Å². The fourth-order valence-electron chi connectivity index (χ4n) is 4.08. The summed E-state index contributed by atoms with van der Waals surface area (Å²) >= 11 is 1.36. The van der Waals surface area contributed by atoms with E-state index in [0.29, 0.717) is 5.17 Å². The number of hydrogen-bond donors (Lipinski definition) is 1. The first-order chi connectivity index (χ1) is 14.8. The predicted molar refractivity (Wildman–Crippen MR) is 129 cm³/mol. The highest BCUT2D eigenvalue weighted by molar-refractivity contribution is 8.14. The molecule has 1 N–H and O–H groups in total. The third-order valence-electron chi connectivity index (χ3n) is 5.88. The second kappa shape index (κ2) is 8.67. The molecule has 2 heterocycles. The summed E-state index contributed by atoms with van der Waals surface area (Å²) in [5, 5.41) is 3.71. The number of carbonyl (C=O) groups is 1. The first-order valence-corrected chi connectivity index (χ1v) is 13.2. The van der Waals surface area contributed by atoms with Crippen molar-refractivity contribution in [3.05, 3.63) is 59.2 Å². The number of anilines is 2. The summed E-state index contributed by atoms with van der Waals surface area (Å²) in [6, 6.07) is 13.4. The van der Waals surface area contributed by atoms with Crippen molar-refractivity contribution in [3.8, 4) is 0 Å². The molecule has 2 aromatic carbocycles. The van der Waals surface area contributed by atoms with Crippen LogP contribution in [0, 0.1) is 13.8 Å². The van der Waals surface area contributed by atoms with Crippen LogP contribution in [0.1, 0.15) is 23.6 Å². The standard InChI is InChI=1S/C23H27N3O3S2/c1-4-17-7-5-6-8-19(17)24-22(27)12-30-23-25-20-13-31(28,29)14-21(20)26(23)18-10-9-15(2)16(3)11-18/h5-11,20-21H,4,12-14H2,1-3H3,(H,24,27)/t20-,21+/m1/s1. The lowest BCUT2D eigenvalue weighted by Crippen LogP contribution is -2.39. The molecule has 4 rings (SSSR count). The summed E-state index contributed by atoms with van der Waals surface area (Å²) in [7, 11) is -3.11. The van der Waals surface area contributed by atoms with E-state index in [1.54, 1.807) is 0 Å². The number of amides is 1. The molecule has 0 unspecified atom stereocenters. The van der Waals surface area contributed by atoms with Crippen LogP contribution < -0.4 is 10.2 Å². The van der Waals surface area contributed by atoms with Crippen LogP contribution in [0.2, 0.25) is 0 Å². The number of rotatable bonds is 5. The molecular weight excluding hydrogens is 430 g/mol. The van der Waals surface area contributed by atoms with Gasteiger partial charge >= 0.3 is 0 Å². The third kappa shape index (κ3) is 4.65. The zero-order valence-electron chi connectivity index (χ0n) is 18.0. The number of aryl methyl sites for hydroxylation is 3. The Hall–Kier alpha value is -2.32. The molecule has 1 fully saturated rings. The molecule has 0 radical (unpaired) electrons. The van der Waals surface area contributed by atoms with Crippen molar-refractivity contribution in [1.82, 2.24) is 0 Å². The van der Waals surface area contributed by atoms with Gasteiger partial charge in [-0.1, -0.05) is 43.0 Å². The van der Waals surface area contributed by atoms with E-state index in [-0.39, 0.29) is 35.2 Å². The number of sulfone groups is 1. The van der Waals surface area contributed by atoms with E-state index in [1.807, 2.05) is 55.1 Å². The van der Waals surface area contributed by atoms with E-state index in [9.17, 15) is 13.2 Å². The molecule has 0 spiro atoms. The molecule has 31 heavy (non-hydrogen) atoms. The summed E-state index contributed by atoms with van der Waals surface area (Å²) in [6.07, 6.45) is 0.842. The smallest absolute Gasteiger partial charge is 0.234 e. The highest BCUT2D eigenvalue weighted by atomic mass is 32.2. The number of amidine groups is 1. The van der Waals surface area contributed by atoms with Gasteiger partial charge in [0.2, 0.25) is 5.91 Å². The van der Waals surface area contributed by atoms with Gasteiger partial charge in [-0.15, -0.1) is 0 Å². The summed E-state index contributed by atoms with van der Waals surface area (Å²) < 4.78 is 24.4. The minimum absolute atomic E-state index is 0.0686. The van der Waals surface area contributed by atoms with Gasteiger partial charge in [-0.25, -0.2) is 8.42 Å². The Morgan fingerprint density at radius 3 is 2.68 bits per heavy atom. The van der Waals surface area contributed by atoms with Crippen molar-refractivity contribution < 1.29 is 13.2 Å². The van der Waals surface area contributed by atoms with Crippen molar-refractivity contribution in [1.29, 1.82) is 0 Å². The normalized spacial score (nSPS) is 21.6. The van der Waals surface area contributed by atoms with E-state index in [1.165, 1.54) is 17.3 Å². The van der Waals surface area contributed by atoms with E-state index >= 15 is 0 Å². The first-order valence-electron chi connectivity index (χ1n) is 10.4. The number of aliphatic imine (C=N–C) groups is 1. The Kier molecular flexibility index (Phi) is 6.12. The Balaban J connectivity index is 1.52. The lowest BCUT2D eigenvalue weighted by molar-refractivity contribution is -0.113. The van der Waals surface area contributed by atoms with E-state index in [2.05, 4.69) is 18.3 Å². The number of thioether (sulfide) groups is 1. The second-order valence-electron chi connectivity index (χ2n) is 8.11. The van der Waals surface area contributed by atoms with Crippen LogP contribution in [0.25, 0.3) is 0 Å². The lowest BCUT2D eigenvalue weighted by Gasteiger charge is -2.27. The molecular formula is C23H27N3O3S2. The van der Waals surface area contributed by atoms with Gasteiger partial charge in [0, 0.05) is 11.4 Å². The van der Waals surface area contributed by atoms with Gasteiger partial charge in [0.1, 0.15) is 0 Å². The Morgan fingerprint density at radius 1 is 1.16 bits per heavy atom. The van der Waals surface area contributed by atoms with Crippen molar-refractivity contribution in [2.75, 3.05) is 27.5 Å². The number of nitrogens with one attached hydrogen (secondary N) is 1. The molecule has 0 saturated carbocycles. The first kappa shape index (κ1) is 21.9. The average Bonchev–Trinajstić information content (AvgIpc) is 3.20. The quantitative estimate of drug-likeness (QED) is 0.743. The van der Waals surface area contributed by atoms with Gasteiger partial charge in [0.15, 0.2) is 15.0 Å². The summed E-state index contributed by atoms with van der Waals surface area (Å²) in [5.74, 6) is 0.274. The van der Waals surface area contributed by atoms with Crippen LogP contribution in [-0.4, -0.2) is 48.8 Å². The van der Waals surface area contributed by atoms with E-state index in [4.69, 9.17) is 4.99 Å². The van der Waals surface area contributed by atoms with Crippen molar-refractivity contribution in [3.63, 3.8) is 0 Å². The molecule has 2 aliphatic heterocycles. The molecule has 2 aliphatic rings. The van der Waals surface area contributed by atoms with Crippen LogP contribution in [0.4, 0.5) is 11.4 Å². The van der Waals surface area contributed by atoms with Gasteiger partial charge in [-0.05, 0) is 55.2 Å². The number of fused-ring (bicyclic) bond motifs is 1. The van der Waals surface area contributed by atoms with E-state index < -0.39 is 9.84 Å². The van der Waals surface area contributed by atoms with Crippen molar-refractivity contribution in [2.24, 2.45) is 4.99 Å². The SMILES string of the molecule is CCc1ccccc1NC(=O)CSC1=N[C@@H]2CS(=O)(=O)C[C@@H]2N1c1ccc(C)c(C)c1. The number of benzene rings is 2. The predicted octanol–water partition coefficient (Wildman–Crippen LogP) is 3.58. The maximum atomic E-state index is 12.6. The number of hydrogen-bond acceptors (Lipinski definition) is 6. The van der Waals surface area contributed by atoms with Crippen LogP contribution in [0.15, 0.2) is 47.5 Å². The van der Waals surface area contributed by atoms with Gasteiger partial charge in [0.25, 0.3) is 0 Å². The summed E-state index contributed by atoms with van der Waals surface area (Å²) in [5.41, 5.74) is 5.17. The fraction of sp³-hybridized carbons (Fsp3) is 0.391. The van der Waals surface area contributed by atoms with Gasteiger partial charge < -0.3 is 10.2 Å². The molecule has 0 aliphatic carbocycles. The zero-order chi connectivity index (χ0) is 22.2. The molecule has 1 amide bonds. The average molecular weight is 458 g/mol. The summed E-state index contributed by atoms with van der Waals surface area (Å²) in [4.78, 5) is 19.4. The van der Waals surface area contributed by atoms with Crippen LogP contribution in [0.5, 0.6) is 0 Å². The molecule has 8 heteroatoms. The molecule has 6 nitrogen and oxygen atoms in total. The van der Waals surface area contributed by atoms with E-state index in [0.717, 1.165) is 28.9 Å². The maximum absolute atomic E-state index is 12.6. The molecule has 2 atom stereocenters. The largest absolute Gasteiger partial charge is 0.325 e. The maximum Gasteiger partial charge on any atom is 0.234 e. The highest BCUT2D eigenvalue weighted by Gasteiger charge is 2.47. The number of carbonyl (C=O) groups excluding carboxylic acids is 1.